The summed E-state index contributed by atoms with van der Waals surface area (Å²) in [7, 11) is 1.72. The number of thiophene rings is 1. The molecule has 0 fully saturated rings. The largest absolute Gasteiger partial charge is 0.477 e. The minimum absolute atomic E-state index is 0.116. The number of hydrogen-bond donors (Lipinski definition) is 2. The van der Waals surface area contributed by atoms with Gasteiger partial charge in [0.25, 0.3) is 5.91 Å². The van der Waals surface area contributed by atoms with Crippen molar-refractivity contribution in [3.05, 3.63) is 33.8 Å². The van der Waals surface area contributed by atoms with Gasteiger partial charge >= 0.3 is 5.97 Å². The fraction of sp³-hybridized carbons (Fsp3) is 0.182. The number of rotatable bonds is 3. The van der Waals surface area contributed by atoms with Crippen LogP contribution in [0.3, 0.4) is 0 Å². The van der Waals surface area contributed by atoms with E-state index in [-0.39, 0.29) is 10.8 Å². The molecule has 0 saturated carbocycles. The number of aryl methyl sites for hydroxylation is 2. The fourth-order valence-electron chi connectivity index (χ4n) is 1.59. The minimum atomic E-state index is -1.05. The Hall–Kier alpha value is -2.15. The molecule has 0 radical (unpaired) electrons. The summed E-state index contributed by atoms with van der Waals surface area (Å²) in [5.74, 6) is -1.41. The number of amides is 1. The molecule has 18 heavy (non-hydrogen) atoms. The van der Waals surface area contributed by atoms with Gasteiger partial charge < -0.3 is 10.4 Å². The zero-order valence-corrected chi connectivity index (χ0v) is 10.6. The molecular weight excluding hydrogens is 254 g/mol. The van der Waals surface area contributed by atoms with Crippen LogP contribution in [0.15, 0.2) is 17.6 Å². The Morgan fingerprint density at radius 1 is 1.50 bits per heavy atom. The molecular formula is C11H11N3O3S. The highest BCUT2D eigenvalue weighted by molar-refractivity contribution is 7.12. The Kier molecular flexibility index (Phi) is 3.15. The van der Waals surface area contributed by atoms with Gasteiger partial charge in [0, 0.05) is 13.2 Å². The van der Waals surface area contributed by atoms with Crippen LogP contribution >= 0.6 is 11.3 Å². The second-order valence-electron chi connectivity index (χ2n) is 3.72. The third kappa shape index (κ3) is 2.25. The van der Waals surface area contributed by atoms with Crippen LogP contribution in [0.2, 0.25) is 0 Å². The Labute approximate surface area is 107 Å². The lowest BCUT2D eigenvalue weighted by Crippen LogP contribution is -2.13. The van der Waals surface area contributed by atoms with Crippen molar-refractivity contribution in [2.45, 2.75) is 6.92 Å². The van der Waals surface area contributed by atoms with Gasteiger partial charge in [0.2, 0.25) is 0 Å². The van der Waals surface area contributed by atoms with Gasteiger partial charge in [-0.15, -0.1) is 11.3 Å². The smallest absolute Gasteiger partial charge is 0.348 e. The summed E-state index contributed by atoms with van der Waals surface area (Å²) in [6.07, 6.45) is 1.59. The number of aromatic nitrogens is 2. The van der Waals surface area contributed by atoms with Gasteiger partial charge in [-0.25, -0.2) is 4.79 Å². The molecule has 1 amide bonds. The molecule has 2 N–H and O–H groups in total. The number of hydrogen-bond acceptors (Lipinski definition) is 4. The first kappa shape index (κ1) is 12.3. The molecule has 0 aliphatic carbocycles. The molecule has 0 aliphatic heterocycles. The molecule has 0 unspecified atom stereocenters. The van der Waals surface area contributed by atoms with Gasteiger partial charge in [0.1, 0.15) is 4.88 Å². The van der Waals surface area contributed by atoms with E-state index in [0.29, 0.717) is 16.9 Å². The highest BCUT2D eigenvalue weighted by atomic mass is 32.1. The average molecular weight is 265 g/mol. The molecule has 2 heterocycles. The highest BCUT2D eigenvalue weighted by Gasteiger charge is 2.17. The summed E-state index contributed by atoms with van der Waals surface area (Å²) in [4.78, 5) is 23.0. The van der Waals surface area contributed by atoms with E-state index in [1.807, 2.05) is 0 Å². The number of anilines is 1. The molecule has 7 heteroatoms. The molecule has 6 nitrogen and oxygen atoms in total. The van der Waals surface area contributed by atoms with E-state index in [1.54, 1.807) is 31.6 Å². The van der Waals surface area contributed by atoms with Gasteiger partial charge in [-0.1, -0.05) is 0 Å². The molecule has 2 rings (SSSR count). The standard InChI is InChI=1S/C11H11N3O3S/c1-6-7(5-14(2)13-6)10(15)12-8-3-4-18-9(8)11(16)17/h3-5H,1-2H3,(H,12,15)(H,16,17). The predicted octanol–water partition coefficient (Wildman–Crippen LogP) is 1.74. The number of nitrogens with one attached hydrogen (secondary N) is 1. The third-order valence-corrected chi connectivity index (χ3v) is 3.27. The normalized spacial score (nSPS) is 10.3. The van der Waals surface area contributed by atoms with Gasteiger partial charge in [-0.3, -0.25) is 9.48 Å². The van der Waals surface area contributed by atoms with Crippen molar-refractivity contribution in [2.75, 3.05) is 5.32 Å². The van der Waals surface area contributed by atoms with Gasteiger partial charge in [0.15, 0.2) is 0 Å². The van der Waals surface area contributed by atoms with E-state index in [9.17, 15) is 9.59 Å². The minimum Gasteiger partial charge on any atom is -0.477 e. The molecule has 0 atom stereocenters. The Morgan fingerprint density at radius 2 is 2.22 bits per heavy atom. The predicted molar refractivity (Wildman–Crippen MR) is 67.2 cm³/mol. The van der Waals surface area contributed by atoms with E-state index >= 15 is 0 Å². The summed E-state index contributed by atoms with van der Waals surface area (Å²) in [5, 5.41) is 17.2. The Morgan fingerprint density at radius 3 is 2.78 bits per heavy atom. The number of carbonyl (C=O) groups is 2. The maximum absolute atomic E-state index is 12.0. The van der Waals surface area contributed by atoms with Crippen molar-refractivity contribution in [1.82, 2.24) is 9.78 Å². The topological polar surface area (TPSA) is 84.2 Å². The molecule has 0 saturated heterocycles. The summed E-state index contributed by atoms with van der Waals surface area (Å²) in [6, 6.07) is 1.57. The second-order valence-corrected chi connectivity index (χ2v) is 4.64. The second kappa shape index (κ2) is 4.61. The maximum Gasteiger partial charge on any atom is 0.348 e. The lowest BCUT2D eigenvalue weighted by Gasteiger charge is -2.02. The van der Waals surface area contributed by atoms with Crippen molar-refractivity contribution >= 4 is 28.9 Å². The molecule has 2 aromatic rings. The monoisotopic (exact) mass is 265 g/mol. The van der Waals surface area contributed by atoms with Crippen molar-refractivity contribution in [1.29, 1.82) is 0 Å². The van der Waals surface area contributed by atoms with E-state index in [0.717, 1.165) is 11.3 Å². The van der Waals surface area contributed by atoms with Gasteiger partial charge in [0.05, 0.1) is 16.9 Å². The van der Waals surface area contributed by atoms with Crippen molar-refractivity contribution < 1.29 is 14.7 Å². The van der Waals surface area contributed by atoms with E-state index < -0.39 is 5.97 Å². The highest BCUT2D eigenvalue weighted by Crippen LogP contribution is 2.23. The summed E-state index contributed by atoms with van der Waals surface area (Å²) in [5.41, 5.74) is 1.34. The van der Waals surface area contributed by atoms with Crippen molar-refractivity contribution in [3.63, 3.8) is 0 Å². The molecule has 0 aliphatic rings. The lowest BCUT2D eigenvalue weighted by atomic mass is 10.2. The number of carboxylic acid groups (broad SMARTS) is 1. The Balaban J connectivity index is 2.24. The van der Waals surface area contributed by atoms with E-state index in [1.165, 1.54) is 4.68 Å². The Bertz CT molecular complexity index is 615. The summed E-state index contributed by atoms with van der Waals surface area (Å²) < 4.78 is 1.54. The van der Waals surface area contributed by atoms with Crippen LogP contribution in [-0.4, -0.2) is 26.8 Å². The number of nitrogens with zero attached hydrogens (tertiary/aromatic N) is 2. The average Bonchev–Trinajstić information content (AvgIpc) is 2.85. The van der Waals surface area contributed by atoms with Crippen LogP contribution < -0.4 is 5.32 Å². The first-order valence-electron chi connectivity index (χ1n) is 5.11. The maximum atomic E-state index is 12.0. The molecule has 0 spiro atoms. The fourth-order valence-corrected chi connectivity index (χ4v) is 2.27. The van der Waals surface area contributed by atoms with Gasteiger partial charge in [-0.2, -0.15) is 5.10 Å². The zero-order valence-electron chi connectivity index (χ0n) is 9.80. The first-order chi connectivity index (χ1) is 8.49. The summed E-state index contributed by atoms with van der Waals surface area (Å²) in [6.45, 7) is 1.72. The first-order valence-corrected chi connectivity index (χ1v) is 5.99. The zero-order chi connectivity index (χ0) is 13.3. The number of carbonyl (C=O) groups excluding carboxylic acids is 1. The van der Waals surface area contributed by atoms with E-state index in [4.69, 9.17) is 5.11 Å². The van der Waals surface area contributed by atoms with Crippen molar-refractivity contribution in [3.8, 4) is 0 Å². The molecule has 0 aromatic carbocycles. The van der Waals surface area contributed by atoms with Crippen molar-refractivity contribution in [2.24, 2.45) is 7.05 Å². The van der Waals surface area contributed by atoms with Crippen LogP contribution in [0.4, 0.5) is 5.69 Å². The van der Waals surface area contributed by atoms with Crippen LogP contribution in [-0.2, 0) is 7.05 Å². The van der Waals surface area contributed by atoms with Crippen LogP contribution in [0.5, 0.6) is 0 Å². The van der Waals surface area contributed by atoms with E-state index in [2.05, 4.69) is 10.4 Å². The molecule has 94 valence electrons. The van der Waals surface area contributed by atoms with Gasteiger partial charge in [-0.05, 0) is 18.4 Å². The van der Waals surface area contributed by atoms with Crippen LogP contribution in [0, 0.1) is 6.92 Å². The van der Waals surface area contributed by atoms with Crippen LogP contribution in [0.25, 0.3) is 0 Å². The lowest BCUT2D eigenvalue weighted by molar-refractivity contribution is 0.0703. The summed E-state index contributed by atoms with van der Waals surface area (Å²) >= 11 is 1.07. The SMILES string of the molecule is Cc1nn(C)cc1C(=O)Nc1ccsc1C(=O)O. The molecule has 0 bridgehead atoms. The molecule has 2 aromatic heterocycles. The van der Waals surface area contributed by atoms with Crippen LogP contribution in [0.1, 0.15) is 25.7 Å². The number of aromatic carboxylic acids is 1. The number of carboxylic acids is 1. The quantitative estimate of drug-likeness (QED) is 0.885. The third-order valence-electron chi connectivity index (χ3n) is 2.37.